The molecule has 27 heavy (non-hydrogen) atoms. The molecular weight excluding hydrogens is 364 g/mol. The van der Waals surface area contributed by atoms with E-state index in [4.69, 9.17) is 4.74 Å². The summed E-state index contributed by atoms with van der Waals surface area (Å²) in [5, 5.41) is 2.87. The van der Waals surface area contributed by atoms with Gasteiger partial charge in [-0.05, 0) is 43.2 Å². The van der Waals surface area contributed by atoms with E-state index in [9.17, 15) is 13.2 Å². The third-order valence-electron chi connectivity index (χ3n) is 4.10. The molecular formula is C20H26N2O4S. The number of carbonyl (C=O) groups excluding carboxylic acids is 1. The molecule has 7 heteroatoms. The lowest BCUT2D eigenvalue weighted by molar-refractivity contribution is -0.121. The summed E-state index contributed by atoms with van der Waals surface area (Å²) in [4.78, 5) is 12.1. The largest absolute Gasteiger partial charge is 0.497 e. The Hall–Kier alpha value is -2.54. The number of nitrogens with one attached hydrogen (secondary N) is 1. The maximum atomic E-state index is 12.1. The van der Waals surface area contributed by atoms with Crippen LogP contribution in [0.4, 0.5) is 5.69 Å². The van der Waals surface area contributed by atoms with Crippen molar-refractivity contribution < 1.29 is 17.9 Å². The fraction of sp³-hybridized carbons (Fsp3) is 0.350. The van der Waals surface area contributed by atoms with Crippen LogP contribution in [0.2, 0.25) is 0 Å². The smallest absolute Gasteiger partial charge is 0.232 e. The first-order chi connectivity index (χ1) is 12.8. The van der Waals surface area contributed by atoms with Crippen LogP contribution in [0.5, 0.6) is 5.75 Å². The summed E-state index contributed by atoms with van der Waals surface area (Å²) in [7, 11) is -1.88. The van der Waals surface area contributed by atoms with E-state index in [1.54, 1.807) is 31.4 Å². The molecule has 0 bridgehead atoms. The molecule has 0 aliphatic carbocycles. The van der Waals surface area contributed by atoms with Gasteiger partial charge in [-0.2, -0.15) is 0 Å². The highest BCUT2D eigenvalue weighted by Gasteiger charge is 2.17. The van der Waals surface area contributed by atoms with Gasteiger partial charge in [-0.25, -0.2) is 8.42 Å². The maximum absolute atomic E-state index is 12.1. The number of ether oxygens (including phenoxy) is 1. The molecule has 1 N–H and O–H groups in total. The molecule has 2 aromatic carbocycles. The summed E-state index contributed by atoms with van der Waals surface area (Å²) < 4.78 is 30.6. The molecule has 2 aromatic rings. The van der Waals surface area contributed by atoms with Crippen molar-refractivity contribution in [3.8, 4) is 5.75 Å². The molecule has 0 unspecified atom stereocenters. The maximum Gasteiger partial charge on any atom is 0.232 e. The predicted octanol–water partition coefficient (Wildman–Crippen LogP) is 2.87. The van der Waals surface area contributed by atoms with Gasteiger partial charge in [0, 0.05) is 19.5 Å². The van der Waals surface area contributed by atoms with Gasteiger partial charge in [0.05, 0.1) is 19.1 Å². The second-order valence-corrected chi connectivity index (χ2v) is 8.31. The highest BCUT2D eigenvalue weighted by atomic mass is 32.2. The molecule has 0 aliphatic rings. The van der Waals surface area contributed by atoms with E-state index in [1.165, 1.54) is 4.31 Å². The van der Waals surface area contributed by atoms with Gasteiger partial charge in [0.25, 0.3) is 0 Å². The molecule has 0 aliphatic heterocycles. The van der Waals surface area contributed by atoms with Gasteiger partial charge in [-0.3, -0.25) is 9.10 Å². The van der Waals surface area contributed by atoms with Crippen LogP contribution >= 0.6 is 0 Å². The zero-order chi connectivity index (χ0) is 19.9. The highest BCUT2D eigenvalue weighted by Crippen LogP contribution is 2.21. The Labute approximate surface area is 161 Å². The number of methoxy groups -OCH3 is 1. The van der Waals surface area contributed by atoms with E-state index in [0.717, 1.165) is 17.4 Å². The van der Waals surface area contributed by atoms with E-state index in [2.05, 4.69) is 5.32 Å². The lowest BCUT2D eigenvalue weighted by Crippen LogP contribution is -2.32. The first-order valence-corrected chi connectivity index (χ1v) is 10.6. The number of aryl methyl sites for hydroxylation is 1. The molecule has 0 aromatic heterocycles. The third-order valence-corrected chi connectivity index (χ3v) is 5.29. The van der Waals surface area contributed by atoms with Crippen molar-refractivity contribution in [2.24, 2.45) is 0 Å². The van der Waals surface area contributed by atoms with Crippen LogP contribution in [-0.2, 0) is 21.4 Å². The lowest BCUT2D eigenvalue weighted by atomic mass is 10.1. The van der Waals surface area contributed by atoms with Gasteiger partial charge in [0.15, 0.2) is 0 Å². The minimum atomic E-state index is -3.43. The minimum absolute atomic E-state index is 0.0975. The Balaban J connectivity index is 1.88. The van der Waals surface area contributed by atoms with E-state index in [1.807, 2.05) is 31.2 Å². The number of nitrogens with zero attached hydrogens (tertiary/aromatic N) is 1. The van der Waals surface area contributed by atoms with Gasteiger partial charge >= 0.3 is 0 Å². The van der Waals surface area contributed by atoms with Crippen molar-refractivity contribution in [3.05, 3.63) is 59.7 Å². The number of hydrogen-bond donors (Lipinski definition) is 1. The van der Waals surface area contributed by atoms with E-state index in [0.29, 0.717) is 24.4 Å². The summed E-state index contributed by atoms with van der Waals surface area (Å²) >= 11 is 0. The topological polar surface area (TPSA) is 75.7 Å². The molecule has 0 spiro atoms. The average Bonchev–Trinajstić information content (AvgIpc) is 2.63. The molecule has 0 fully saturated rings. The van der Waals surface area contributed by atoms with Gasteiger partial charge in [0.2, 0.25) is 15.9 Å². The summed E-state index contributed by atoms with van der Waals surface area (Å²) in [6.07, 6.45) is 1.85. The predicted molar refractivity (Wildman–Crippen MR) is 107 cm³/mol. The Morgan fingerprint density at radius 3 is 2.44 bits per heavy atom. The Morgan fingerprint density at radius 2 is 1.85 bits per heavy atom. The SMILES string of the molecule is COc1ccc(N(CCCC(=O)NCc2cccc(C)c2)S(C)(=O)=O)cc1. The normalized spacial score (nSPS) is 11.1. The second-order valence-electron chi connectivity index (χ2n) is 6.40. The summed E-state index contributed by atoms with van der Waals surface area (Å²) in [6, 6.07) is 14.7. The molecule has 0 saturated carbocycles. The van der Waals surface area contributed by atoms with Crippen LogP contribution in [0.15, 0.2) is 48.5 Å². The van der Waals surface area contributed by atoms with Gasteiger partial charge in [-0.1, -0.05) is 29.8 Å². The zero-order valence-corrected chi connectivity index (χ0v) is 16.8. The van der Waals surface area contributed by atoms with Crippen molar-refractivity contribution >= 4 is 21.6 Å². The molecule has 0 radical (unpaired) electrons. The summed E-state index contributed by atoms with van der Waals surface area (Å²) in [5.41, 5.74) is 2.74. The number of rotatable bonds is 9. The molecule has 6 nitrogen and oxygen atoms in total. The van der Waals surface area contributed by atoms with Gasteiger partial charge < -0.3 is 10.1 Å². The fourth-order valence-corrected chi connectivity index (χ4v) is 3.69. The molecule has 0 atom stereocenters. The number of carbonyl (C=O) groups is 1. The van der Waals surface area contributed by atoms with Gasteiger partial charge in [0.1, 0.15) is 5.75 Å². The monoisotopic (exact) mass is 390 g/mol. The number of hydrogen-bond acceptors (Lipinski definition) is 4. The Morgan fingerprint density at radius 1 is 1.15 bits per heavy atom. The summed E-state index contributed by atoms with van der Waals surface area (Å²) in [5.74, 6) is 0.558. The van der Waals surface area contributed by atoms with Crippen molar-refractivity contribution in [2.75, 3.05) is 24.2 Å². The first kappa shape index (κ1) is 20.8. The highest BCUT2D eigenvalue weighted by molar-refractivity contribution is 7.92. The summed E-state index contributed by atoms with van der Waals surface area (Å²) in [6.45, 7) is 2.71. The Bertz CT molecular complexity index is 864. The minimum Gasteiger partial charge on any atom is -0.497 e. The Kier molecular flexibility index (Phi) is 7.24. The molecule has 146 valence electrons. The average molecular weight is 391 g/mol. The van der Waals surface area contributed by atoms with Gasteiger partial charge in [-0.15, -0.1) is 0 Å². The van der Waals surface area contributed by atoms with E-state index in [-0.39, 0.29) is 18.9 Å². The van der Waals surface area contributed by atoms with Crippen LogP contribution in [-0.4, -0.2) is 34.2 Å². The second kappa shape index (κ2) is 9.41. The standard InChI is InChI=1S/C20H26N2O4S/c1-16-6-4-7-17(14-16)15-21-20(23)8-5-13-22(27(3,24)25)18-9-11-19(26-2)12-10-18/h4,6-7,9-12,14H,5,8,13,15H2,1-3H3,(H,21,23). The van der Waals surface area contributed by atoms with Crippen molar-refractivity contribution in [2.45, 2.75) is 26.3 Å². The number of amides is 1. The van der Waals surface area contributed by atoms with Crippen LogP contribution in [0, 0.1) is 6.92 Å². The number of sulfonamides is 1. The van der Waals surface area contributed by atoms with Crippen LogP contribution in [0.3, 0.4) is 0 Å². The quantitative estimate of drug-likeness (QED) is 0.714. The van der Waals surface area contributed by atoms with E-state index >= 15 is 0 Å². The van der Waals surface area contributed by atoms with Crippen LogP contribution in [0.1, 0.15) is 24.0 Å². The van der Waals surface area contributed by atoms with Crippen molar-refractivity contribution in [1.29, 1.82) is 0 Å². The molecule has 1 amide bonds. The lowest BCUT2D eigenvalue weighted by Gasteiger charge is -2.22. The molecule has 0 heterocycles. The van der Waals surface area contributed by atoms with E-state index < -0.39 is 10.0 Å². The van der Waals surface area contributed by atoms with Crippen molar-refractivity contribution in [1.82, 2.24) is 5.32 Å². The fourth-order valence-electron chi connectivity index (χ4n) is 2.73. The zero-order valence-electron chi connectivity index (χ0n) is 15.9. The molecule has 2 rings (SSSR count). The van der Waals surface area contributed by atoms with Crippen LogP contribution in [0.25, 0.3) is 0 Å². The molecule has 0 saturated heterocycles. The number of anilines is 1. The first-order valence-electron chi connectivity index (χ1n) is 8.73. The third kappa shape index (κ3) is 6.60. The van der Waals surface area contributed by atoms with Crippen LogP contribution < -0.4 is 14.4 Å². The number of benzene rings is 2. The van der Waals surface area contributed by atoms with Crippen molar-refractivity contribution in [3.63, 3.8) is 0 Å².